The molecule has 0 unspecified atom stereocenters. The minimum Gasteiger partial charge on any atom is -0.493 e. The van der Waals surface area contributed by atoms with E-state index in [1.54, 1.807) is 24.3 Å². The fraction of sp³-hybridized carbons (Fsp3) is 0.286. The number of methoxy groups -OCH3 is 3. The van der Waals surface area contributed by atoms with Crippen molar-refractivity contribution in [2.75, 3.05) is 26.6 Å². The van der Waals surface area contributed by atoms with Gasteiger partial charge in [0, 0.05) is 11.3 Å². The summed E-state index contributed by atoms with van der Waals surface area (Å²) in [6.45, 7) is 2.91. The molecular formula is C21H23NO7. The van der Waals surface area contributed by atoms with Crippen LogP contribution in [0.25, 0.3) is 0 Å². The van der Waals surface area contributed by atoms with Gasteiger partial charge in [-0.05, 0) is 50.2 Å². The molecule has 0 saturated carbocycles. The molecule has 0 aliphatic carbocycles. The molecule has 8 nitrogen and oxygen atoms in total. The maximum absolute atomic E-state index is 12.5. The molecular weight excluding hydrogens is 378 g/mol. The lowest BCUT2D eigenvalue weighted by Gasteiger charge is -2.16. The van der Waals surface area contributed by atoms with E-state index in [0.29, 0.717) is 28.5 Å². The summed E-state index contributed by atoms with van der Waals surface area (Å²) >= 11 is 0. The van der Waals surface area contributed by atoms with Crippen LogP contribution in [0.2, 0.25) is 0 Å². The van der Waals surface area contributed by atoms with Crippen molar-refractivity contribution >= 4 is 23.3 Å². The van der Waals surface area contributed by atoms with Gasteiger partial charge in [0.05, 0.1) is 26.9 Å². The molecule has 0 spiro atoms. The lowest BCUT2D eigenvalue weighted by Crippen LogP contribution is -2.30. The van der Waals surface area contributed by atoms with Crippen molar-refractivity contribution in [3.05, 3.63) is 47.5 Å². The Morgan fingerprint density at radius 3 is 1.86 bits per heavy atom. The maximum Gasteiger partial charge on any atom is 0.339 e. The van der Waals surface area contributed by atoms with Gasteiger partial charge in [0.1, 0.15) is 0 Å². The van der Waals surface area contributed by atoms with E-state index in [1.807, 2.05) is 0 Å². The first-order chi connectivity index (χ1) is 13.8. The lowest BCUT2D eigenvalue weighted by molar-refractivity contribution is -0.123. The van der Waals surface area contributed by atoms with Crippen molar-refractivity contribution in [3.8, 4) is 17.2 Å². The second-order valence-electron chi connectivity index (χ2n) is 6.08. The smallest absolute Gasteiger partial charge is 0.339 e. The van der Waals surface area contributed by atoms with Gasteiger partial charge in [0.25, 0.3) is 5.91 Å². The van der Waals surface area contributed by atoms with Crippen molar-refractivity contribution in [1.82, 2.24) is 0 Å². The molecule has 0 radical (unpaired) electrons. The van der Waals surface area contributed by atoms with E-state index in [4.69, 9.17) is 18.9 Å². The van der Waals surface area contributed by atoms with Crippen molar-refractivity contribution in [2.45, 2.75) is 20.0 Å². The first-order valence-corrected chi connectivity index (χ1v) is 8.73. The van der Waals surface area contributed by atoms with Crippen molar-refractivity contribution in [1.29, 1.82) is 0 Å². The van der Waals surface area contributed by atoms with Gasteiger partial charge >= 0.3 is 5.97 Å². The molecule has 29 heavy (non-hydrogen) atoms. The van der Waals surface area contributed by atoms with Crippen LogP contribution in [-0.4, -0.2) is 45.1 Å². The summed E-state index contributed by atoms with van der Waals surface area (Å²) in [6, 6.07) is 9.28. The highest BCUT2D eigenvalue weighted by atomic mass is 16.5. The third-order valence-corrected chi connectivity index (χ3v) is 4.11. The number of anilines is 1. The second-order valence-corrected chi connectivity index (χ2v) is 6.08. The topological polar surface area (TPSA) is 100 Å². The molecule has 2 aromatic rings. The van der Waals surface area contributed by atoms with Crippen LogP contribution < -0.4 is 19.5 Å². The molecule has 2 aromatic carbocycles. The van der Waals surface area contributed by atoms with Crippen LogP contribution in [0.5, 0.6) is 17.2 Å². The molecule has 1 atom stereocenters. The van der Waals surface area contributed by atoms with Crippen LogP contribution in [0, 0.1) is 0 Å². The molecule has 0 aromatic heterocycles. The Hall–Kier alpha value is -3.55. The quantitative estimate of drug-likeness (QED) is 0.536. The van der Waals surface area contributed by atoms with E-state index in [1.165, 1.54) is 47.3 Å². The molecule has 8 heteroatoms. The van der Waals surface area contributed by atoms with Crippen LogP contribution in [0.4, 0.5) is 5.69 Å². The average molecular weight is 401 g/mol. The summed E-state index contributed by atoms with van der Waals surface area (Å²) in [6.07, 6.45) is -1.06. The van der Waals surface area contributed by atoms with Gasteiger partial charge in [-0.2, -0.15) is 0 Å². The number of nitrogens with one attached hydrogen (secondary N) is 1. The fourth-order valence-electron chi connectivity index (χ4n) is 2.51. The summed E-state index contributed by atoms with van der Waals surface area (Å²) in [5.41, 5.74) is 1.16. The average Bonchev–Trinajstić information content (AvgIpc) is 2.72. The number of ketones is 1. The van der Waals surface area contributed by atoms with E-state index in [2.05, 4.69) is 5.32 Å². The number of carbonyl (C=O) groups is 3. The predicted octanol–water partition coefficient (Wildman–Crippen LogP) is 3.10. The minimum absolute atomic E-state index is 0.0736. The largest absolute Gasteiger partial charge is 0.493 e. The van der Waals surface area contributed by atoms with Crippen molar-refractivity contribution in [3.63, 3.8) is 0 Å². The molecule has 1 amide bonds. The first kappa shape index (κ1) is 21.7. The van der Waals surface area contributed by atoms with Gasteiger partial charge in [-0.15, -0.1) is 0 Å². The Labute approximate surface area is 168 Å². The van der Waals surface area contributed by atoms with E-state index >= 15 is 0 Å². The molecule has 0 fully saturated rings. The minimum atomic E-state index is -1.06. The molecule has 0 aliphatic rings. The van der Waals surface area contributed by atoms with Gasteiger partial charge in [0.2, 0.25) is 5.75 Å². The van der Waals surface area contributed by atoms with Gasteiger partial charge in [-0.3, -0.25) is 9.59 Å². The highest BCUT2D eigenvalue weighted by Crippen LogP contribution is 2.38. The van der Waals surface area contributed by atoms with Crippen LogP contribution in [0.1, 0.15) is 34.6 Å². The van der Waals surface area contributed by atoms with E-state index in [0.717, 1.165) is 0 Å². The van der Waals surface area contributed by atoms with E-state index in [9.17, 15) is 14.4 Å². The number of ether oxygens (including phenoxy) is 4. The number of amides is 1. The van der Waals surface area contributed by atoms with Gasteiger partial charge in [-0.1, -0.05) is 0 Å². The Morgan fingerprint density at radius 2 is 1.41 bits per heavy atom. The SMILES string of the molecule is COc1cc(C(=O)O[C@@H](C)C(=O)Nc2ccc(C(C)=O)cc2)cc(OC)c1OC. The van der Waals surface area contributed by atoms with Crippen LogP contribution >= 0.6 is 0 Å². The van der Waals surface area contributed by atoms with E-state index in [-0.39, 0.29) is 11.3 Å². The molecule has 2 rings (SSSR count). The molecule has 0 saturated heterocycles. The number of rotatable bonds is 8. The highest BCUT2D eigenvalue weighted by molar-refractivity contribution is 5.98. The number of benzene rings is 2. The summed E-state index contributed by atoms with van der Waals surface area (Å²) in [7, 11) is 4.31. The van der Waals surface area contributed by atoms with Crippen LogP contribution in [0.3, 0.4) is 0 Å². The molecule has 0 bridgehead atoms. The molecule has 1 N–H and O–H groups in total. The molecule has 0 heterocycles. The Balaban J connectivity index is 2.09. The monoisotopic (exact) mass is 401 g/mol. The van der Waals surface area contributed by atoms with Crippen molar-refractivity contribution in [2.24, 2.45) is 0 Å². The number of Topliss-reactive ketones (excluding diaryl/α,β-unsaturated/α-hetero) is 1. The fourth-order valence-corrected chi connectivity index (χ4v) is 2.51. The van der Waals surface area contributed by atoms with Crippen molar-refractivity contribution < 1.29 is 33.3 Å². The number of esters is 1. The third kappa shape index (κ3) is 5.25. The zero-order chi connectivity index (χ0) is 21.6. The zero-order valence-corrected chi connectivity index (χ0v) is 16.9. The van der Waals surface area contributed by atoms with Gasteiger partial charge in [0.15, 0.2) is 23.4 Å². The summed E-state index contributed by atoms with van der Waals surface area (Å²) < 4.78 is 20.9. The highest BCUT2D eigenvalue weighted by Gasteiger charge is 2.22. The standard InChI is InChI=1S/C21H23NO7/c1-12(23)14-6-8-16(9-7-14)22-20(24)13(2)29-21(25)15-10-17(26-3)19(28-5)18(11-15)27-4/h6-11,13H,1-5H3,(H,22,24)/t13-/m0/s1. The summed E-state index contributed by atoms with van der Waals surface area (Å²) in [5.74, 6) is -0.384. The Bertz CT molecular complexity index is 881. The van der Waals surface area contributed by atoms with E-state index < -0.39 is 18.0 Å². The first-order valence-electron chi connectivity index (χ1n) is 8.73. The summed E-state index contributed by atoms with van der Waals surface area (Å²) in [5, 5.41) is 2.63. The maximum atomic E-state index is 12.5. The Kier molecular flexibility index (Phi) is 7.19. The van der Waals surface area contributed by atoms with Crippen LogP contribution in [-0.2, 0) is 9.53 Å². The second kappa shape index (κ2) is 9.59. The number of hydrogen-bond acceptors (Lipinski definition) is 7. The van der Waals surface area contributed by atoms with Crippen LogP contribution in [0.15, 0.2) is 36.4 Å². The Morgan fingerprint density at radius 1 is 0.862 bits per heavy atom. The molecule has 154 valence electrons. The normalized spacial score (nSPS) is 11.2. The number of hydrogen-bond donors (Lipinski definition) is 1. The lowest BCUT2D eigenvalue weighted by atomic mass is 10.1. The predicted molar refractivity (Wildman–Crippen MR) is 106 cm³/mol. The number of carbonyl (C=O) groups excluding carboxylic acids is 3. The van der Waals surface area contributed by atoms with Gasteiger partial charge < -0.3 is 24.3 Å². The summed E-state index contributed by atoms with van der Waals surface area (Å²) in [4.78, 5) is 36.1. The van der Waals surface area contributed by atoms with Gasteiger partial charge in [-0.25, -0.2) is 4.79 Å². The zero-order valence-electron chi connectivity index (χ0n) is 16.9. The third-order valence-electron chi connectivity index (χ3n) is 4.11. The molecule has 0 aliphatic heterocycles.